The van der Waals surface area contributed by atoms with Gasteiger partial charge in [-0.05, 0) is 50.1 Å². The molecule has 0 bridgehead atoms. The van der Waals surface area contributed by atoms with Gasteiger partial charge in [0.15, 0.2) is 0 Å². The Labute approximate surface area is 131 Å². The smallest absolute Gasteiger partial charge is 0.137 e. The lowest BCUT2D eigenvalue weighted by molar-refractivity contribution is 0.415. The Bertz CT molecular complexity index is 604. The molecular weight excluding hydrogens is 282 g/mol. The van der Waals surface area contributed by atoms with Crippen LogP contribution in [-0.2, 0) is 6.42 Å². The van der Waals surface area contributed by atoms with E-state index in [2.05, 4.69) is 38.1 Å². The number of halogens is 1. The Balaban J connectivity index is 2.24. The van der Waals surface area contributed by atoms with Crippen LogP contribution >= 0.6 is 11.6 Å². The minimum atomic E-state index is 0.299. The zero-order valence-electron chi connectivity index (χ0n) is 12.8. The first-order chi connectivity index (χ1) is 10.0. The maximum absolute atomic E-state index is 6.20. The summed E-state index contributed by atoms with van der Waals surface area (Å²) in [7, 11) is 1.62. The van der Waals surface area contributed by atoms with Crippen molar-refractivity contribution < 1.29 is 4.74 Å². The fourth-order valence-corrected chi connectivity index (χ4v) is 2.98. The molecule has 0 fully saturated rings. The van der Waals surface area contributed by atoms with Crippen LogP contribution in [0, 0.1) is 13.8 Å². The van der Waals surface area contributed by atoms with Crippen molar-refractivity contribution >= 4 is 11.6 Å². The molecule has 2 aromatic carbocycles. The van der Waals surface area contributed by atoms with E-state index in [1.807, 2.05) is 12.1 Å². The van der Waals surface area contributed by atoms with Crippen molar-refractivity contribution in [2.24, 2.45) is 5.73 Å². The predicted molar refractivity (Wildman–Crippen MR) is 89.4 cm³/mol. The molecule has 3 heteroatoms. The van der Waals surface area contributed by atoms with Gasteiger partial charge in [0, 0.05) is 5.92 Å². The van der Waals surface area contributed by atoms with E-state index in [1.165, 1.54) is 22.3 Å². The number of hydrogen-bond acceptors (Lipinski definition) is 2. The van der Waals surface area contributed by atoms with Crippen LogP contribution in [0.3, 0.4) is 0 Å². The average Bonchev–Trinajstić information content (AvgIpc) is 2.43. The first kappa shape index (κ1) is 15.9. The van der Waals surface area contributed by atoms with Crippen LogP contribution in [0.2, 0.25) is 5.02 Å². The molecule has 2 rings (SSSR count). The molecule has 2 aromatic rings. The predicted octanol–water partition coefficient (Wildman–Crippen LogP) is 4.25. The number of nitrogens with two attached hydrogens (primary N) is 1. The normalized spacial score (nSPS) is 12.2. The maximum Gasteiger partial charge on any atom is 0.137 e. The molecule has 0 amide bonds. The lowest BCUT2D eigenvalue weighted by Gasteiger charge is -2.17. The van der Waals surface area contributed by atoms with Crippen LogP contribution in [-0.4, -0.2) is 13.7 Å². The summed E-state index contributed by atoms with van der Waals surface area (Å²) in [6.07, 6.45) is 0.878. The van der Waals surface area contributed by atoms with Gasteiger partial charge in [-0.1, -0.05) is 47.0 Å². The van der Waals surface area contributed by atoms with Crippen molar-refractivity contribution in [1.82, 2.24) is 0 Å². The van der Waals surface area contributed by atoms with Gasteiger partial charge in [-0.15, -0.1) is 0 Å². The van der Waals surface area contributed by atoms with Crippen LogP contribution < -0.4 is 10.5 Å². The van der Waals surface area contributed by atoms with Crippen molar-refractivity contribution in [2.45, 2.75) is 26.2 Å². The zero-order chi connectivity index (χ0) is 15.4. The first-order valence-corrected chi connectivity index (χ1v) is 7.52. The molecule has 0 aliphatic rings. The van der Waals surface area contributed by atoms with Gasteiger partial charge in [0.05, 0.1) is 12.1 Å². The fourth-order valence-electron chi connectivity index (χ4n) is 2.70. The largest absolute Gasteiger partial charge is 0.495 e. The van der Waals surface area contributed by atoms with E-state index in [-0.39, 0.29) is 0 Å². The Hall–Kier alpha value is -1.51. The molecule has 2 nitrogen and oxygen atoms in total. The maximum atomic E-state index is 6.20. The average molecular weight is 304 g/mol. The van der Waals surface area contributed by atoms with E-state index in [4.69, 9.17) is 22.1 Å². The van der Waals surface area contributed by atoms with E-state index >= 15 is 0 Å². The molecule has 21 heavy (non-hydrogen) atoms. The number of methoxy groups -OCH3 is 1. The van der Waals surface area contributed by atoms with Crippen LogP contribution in [0.4, 0.5) is 0 Å². The quantitative estimate of drug-likeness (QED) is 0.896. The second-order valence-electron chi connectivity index (χ2n) is 5.53. The molecule has 1 unspecified atom stereocenters. The summed E-state index contributed by atoms with van der Waals surface area (Å²) in [6, 6.07) is 12.5. The second-order valence-corrected chi connectivity index (χ2v) is 5.93. The zero-order valence-corrected chi connectivity index (χ0v) is 13.6. The highest BCUT2D eigenvalue weighted by Crippen LogP contribution is 2.28. The van der Waals surface area contributed by atoms with E-state index in [1.54, 1.807) is 7.11 Å². The highest BCUT2D eigenvalue weighted by atomic mass is 35.5. The first-order valence-electron chi connectivity index (χ1n) is 7.14. The van der Waals surface area contributed by atoms with E-state index in [9.17, 15) is 0 Å². The number of benzene rings is 2. The van der Waals surface area contributed by atoms with Crippen molar-refractivity contribution in [1.29, 1.82) is 0 Å². The van der Waals surface area contributed by atoms with Gasteiger partial charge in [-0.2, -0.15) is 0 Å². The molecule has 0 radical (unpaired) electrons. The highest BCUT2D eigenvalue weighted by molar-refractivity contribution is 6.32. The summed E-state index contributed by atoms with van der Waals surface area (Å²) >= 11 is 6.20. The minimum absolute atomic E-state index is 0.299. The van der Waals surface area contributed by atoms with Crippen LogP contribution in [0.5, 0.6) is 5.75 Å². The Morgan fingerprint density at radius 3 is 2.29 bits per heavy atom. The summed E-state index contributed by atoms with van der Waals surface area (Å²) in [4.78, 5) is 0. The number of rotatable bonds is 5. The SMILES string of the molecule is COc1ccc(CC(CN)c2cc(C)cc(C)c2)cc1Cl. The van der Waals surface area contributed by atoms with Gasteiger partial charge in [-0.25, -0.2) is 0 Å². The van der Waals surface area contributed by atoms with Gasteiger partial charge in [-0.3, -0.25) is 0 Å². The minimum Gasteiger partial charge on any atom is -0.495 e. The lowest BCUT2D eigenvalue weighted by atomic mass is 9.90. The highest BCUT2D eigenvalue weighted by Gasteiger charge is 2.13. The number of ether oxygens (including phenoxy) is 1. The van der Waals surface area contributed by atoms with Crippen molar-refractivity contribution in [3.63, 3.8) is 0 Å². The van der Waals surface area contributed by atoms with Gasteiger partial charge in [0.2, 0.25) is 0 Å². The van der Waals surface area contributed by atoms with Gasteiger partial charge >= 0.3 is 0 Å². The van der Waals surface area contributed by atoms with Crippen LogP contribution in [0.15, 0.2) is 36.4 Å². The third-order valence-corrected chi connectivity index (χ3v) is 3.99. The summed E-state index contributed by atoms with van der Waals surface area (Å²) in [5.74, 6) is 1.00. The van der Waals surface area contributed by atoms with Gasteiger partial charge in [0.25, 0.3) is 0 Å². The van der Waals surface area contributed by atoms with Crippen molar-refractivity contribution in [3.8, 4) is 5.75 Å². The molecule has 1 atom stereocenters. The third-order valence-electron chi connectivity index (χ3n) is 3.70. The lowest BCUT2D eigenvalue weighted by Crippen LogP contribution is -2.15. The monoisotopic (exact) mass is 303 g/mol. The van der Waals surface area contributed by atoms with Crippen molar-refractivity contribution in [2.75, 3.05) is 13.7 Å². The van der Waals surface area contributed by atoms with Crippen LogP contribution in [0.25, 0.3) is 0 Å². The Morgan fingerprint density at radius 1 is 1.10 bits per heavy atom. The third kappa shape index (κ3) is 3.99. The molecule has 0 saturated heterocycles. The Morgan fingerprint density at radius 2 is 1.76 bits per heavy atom. The molecule has 0 aliphatic carbocycles. The molecular formula is C18H22ClNO. The van der Waals surface area contributed by atoms with Gasteiger partial charge < -0.3 is 10.5 Å². The molecule has 0 aliphatic heterocycles. The molecule has 0 heterocycles. The topological polar surface area (TPSA) is 35.2 Å². The molecule has 0 saturated carbocycles. The molecule has 0 aromatic heterocycles. The van der Waals surface area contributed by atoms with E-state index in [0.717, 1.165) is 6.42 Å². The standard InChI is InChI=1S/C18H22ClNO/c1-12-6-13(2)8-15(7-12)16(11-20)9-14-4-5-18(21-3)17(19)10-14/h4-8,10,16H,9,11,20H2,1-3H3. The number of hydrogen-bond donors (Lipinski definition) is 1. The fraction of sp³-hybridized carbons (Fsp3) is 0.333. The van der Waals surface area contributed by atoms with E-state index in [0.29, 0.717) is 23.2 Å². The van der Waals surface area contributed by atoms with Crippen molar-refractivity contribution in [3.05, 3.63) is 63.7 Å². The van der Waals surface area contributed by atoms with E-state index < -0.39 is 0 Å². The summed E-state index contributed by atoms with van der Waals surface area (Å²) < 4.78 is 5.19. The molecule has 0 spiro atoms. The van der Waals surface area contributed by atoms with Crippen LogP contribution in [0.1, 0.15) is 28.2 Å². The van der Waals surface area contributed by atoms with Gasteiger partial charge in [0.1, 0.15) is 5.75 Å². The molecule has 112 valence electrons. The number of aryl methyl sites for hydroxylation is 2. The molecule has 2 N–H and O–H groups in total. The summed E-state index contributed by atoms with van der Waals surface area (Å²) in [5.41, 5.74) is 11.0. The summed E-state index contributed by atoms with van der Waals surface area (Å²) in [5, 5.41) is 0.645. The Kier molecular flexibility index (Phi) is 5.27. The summed E-state index contributed by atoms with van der Waals surface area (Å²) in [6.45, 7) is 4.86. The second kappa shape index (κ2) is 6.97.